The molecule has 4 N–H and O–H groups in total. The van der Waals surface area contributed by atoms with Gasteiger partial charge in [0.05, 0.1) is 25.0 Å². The number of fused-ring (bicyclic) bond motifs is 2. The number of rotatable bonds is 10. The molecular formula is C31H33N3O11. The predicted molar refractivity (Wildman–Crippen MR) is 156 cm³/mol. The summed E-state index contributed by atoms with van der Waals surface area (Å²) < 4.78 is 27.6. The summed E-state index contributed by atoms with van der Waals surface area (Å²) in [5, 5.41) is 18.5. The van der Waals surface area contributed by atoms with E-state index < -0.39 is 64.8 Å². The molecule has 238 valence electrons. The fraction of sp³-hybridized carbons (Fsp3) is 0.387. The summed E-state index contributed by atoms with van der Waals surface area (Å²) in [5.41, 5.74) is -1.13. The van der Waals surface area contributed by atoms with Crippen LogP contribution in [-0.2, 0) is 38.1 Å². The fourth-order valence-electron chi connectivity index (χ4n) is 5.12. The molecule has 0 saturated carbocycles. The van der Waals surface area contributed by atoms with Crippen LogP contribution in [0.5, 0.6) is 5.75 Å². The van der Waals surface area contributed by atoms with Gasteiger partial charge in [0.15, 0.2) is 11.9 Å². The van der Waals surface area contributed by atoms with Crippen LogP contribution in [0.25, 0.3) is 10.8 Å². The molecule has 3 fully saturated rings. The predicted octanol–water partition coefficient (Wildman–Crippen LogP) is 1.21. The number of ketones is 1. The number of methoxy groups -OCH3 is 1. The van der Waals surface area contributed by atoms with E-state index in [2.05, 4.69) is 16.0 Å². The number of Topliss-reactive ketones (excluding diaryl/α,β-unsaturated/α-hetero) is 1. The van der Waals surface area contributed by atoms with E-state index >= 15 is 0 Å². The largest absolute Gasteiger partial charge is 0.513 e. The summed E-state index contributed by atoms with van der Waals surface area (Å²) in [4.78, 5) is 64.9. The van der Waals surface area contributed by atoms with Gasteiger partial charge >= 0.3 is 11.9 Å². The van der Waals surface area contributed by atoms with Gasteiger partial charge in [-0.05, 0) is 42.3 Å². The molecule has 0 radical (unpaired) electrons. The smallest absolute Gasteiger partial charge is 0.339 e. The lowest BCUT2D eigenvalue weighted by Gasteiger charge is -2.28. The van der Waals surface area contributed by atoms with Crippen molar-refractivity contribution in [3.63, 3.8) is 0 Å². The first kappa shape index (κ1) is 31.5. The van der Waals surface area contributed by atoms with Crippen LogP contribution >= 0.6 is 0 Å². The Bertz CT molecular complexity index is 1660. The average molecular weight is 624 g/mol. The third-order valence-corrected chi connectivity index (χ3v) is 7.75. The number of piperidine rings is 1. The van der Waals surface area contributed by atoms with Gasteiger partial charge in [0.25, 0.3) is 11.8 Å². The quantitative estimate of drug-likeness (QED) is 0.128. The van der Waals surface area contributed by atoms with Crippen LogP contribution in [0.2, 0.25) is 0 Å². The van der Waals surface area contributed by atoms with Crippen molar-refractivity contribution < 1.29 is 52.8 Å². The van der Waals surface area contributed by atoms with Gasteiger partial charge in [-0.1, -0.05) is 18.2 Å². The number of hydrogen-bond donors (Lipinski definition) is 4. The van der Waals surface area contributed by atoms with E-state index in [9.17, 15) is 29.1 Å². The molecule has 0 spiro atoms. The molecule has 0 aliphatic carbocycles. The molecule has 14 nitrogen and oxygen atoms in total. The minimum Gasteiger partial charge on any atom is -0.513 e. The molecule has 0 bridgehead atoms. The zero-order valence-electron chi connectivity index (χ0n) is 25.2. The van der Waals surface area contributed by atoms with Crippen molar-refractivity contribution in [2.24, 2.45) is 0 Å². The van der Waals surface area contributed by atoms with Gasteiger partial charge in [-0.3, -0.25) is 19.2 Å². The third-order valence-electron chi connectivity index (χ3n) is 7.75. The molecule has 3 saturated heterocycles. The molecule has 14 heteroatoms. The number of ether oxygens (including phenoxy) is 5. The van der Waals surface area contributed by atoms with Crippen LogP contribution in [0.4, 0.5) is 0 Å². The van der Waals surface area contributed by atoms with Crippen molar-refractivity contribution >= 4 is 40.3 Å². The Morgan fingerprint density at radius 1 is 1.13 bits per heavy atom. The van der Waals surface area contributed by atoms with Gasteiger partial charge in [0.1, 0.15) is 41.2 Å². The van der Waals surface area contributed by atoms with E-state index in [-0.39, 0.29) is 30.5 Å². The van der Waals surface area contributed by atoms with Crippen molar-refractivity contribution in [1.82, 2.24) is 16.0 Å². The first-order chi connectivity index (χ1) is 21.4. The van der Waals surface area contributed by atoms with Crippen molar-refractivity contribution in [2.75, 3.05) is 20.3 Å². The van der Waals surface area contributed by atoms with Gasteiger partial charge < -0.3 is 44.7 Å². The number of aliphatic hydroxyl groups is 1. The molecule has 5 atom stereocenters. The SMILES string of the molecule is COc1cc(C(=O)O[C@H](C(=O)N/C(C(=O)N/C(=C/O)C(C)=O)=C2/NC[C@H]3O[C@H]3[C@@H]2OC(C)=O)[C@]2(C)CO2)c2cccc(C)c2c1. The Hall–Kier alpha value is -4.95. The standard InChI is InChI=1S/C31H33N3O11/c1-14-7-6-8-18-19(14)9-17(41-5)10-20(18)30(40)45-27(31(4)13-42-31)29(39)34-24(28(38)33-21(12-35)15(2)36)23-26(43-16(3)37)25-22(44-25)11-32-23/h6-10,12,22,25-27,32,35H,11,13H2,1-5H3,(H,33,38)(H,34,39)/b21-12+,24-23+/t22-,25-,26-,27-,31+/m1/s1. The Kier molecular flexibility index (Phi) is 8.54. The monoisotopic (exact) mass is 623 g/mol. The average Bonchev–Trinajstić information content (AvgIpc) is 3.93. The number of carbonyl (C=O) groups excluding carboxylic acids is 5. The first-order valence-electron chi connectivity index (χ1n) is 14.1. The number of nitrogens with one attached hydrogen (secondary N) is 3. The Balaban J connectivity index is 1.50. The summed E-state index contributed by atoms with van der Waals surface area (Å²) in [6.45, 7) is 6.03. The van der Waals surface area contributed by atoms with Crippen LogP contribution in [0, 0.1) is 6.92 Å². The van der Waals surface area contributed by atoms with Crippen LogP contribution < -0.4 is 20.7 Å². The number of esters is 2. The molecular weight excluding hydrogens is 590 g/mol. The minimum absolute atomic E-state index is 0.0168. The molecule has 2 aromatic carbocycles. The first-order valence-corrected chi connectivity index (χ1v) is 14.1. The lowest BCUT2D eigenvalue weighted by Crippen LogP contribution is -2.51. The van der Waals surface area contributed by atoms with Gasteiger partial charge in [0.2, 0.25) is 6.10 Å². The summed E-state index contributed by atoms with van der Waals surface area (Å²) in [6.07, 6.45) is -3.14. The summed E-state index contributed by atoms with van der Waals surface area (Å²) in [7, 11) is 1.46. The second kappa shape index (κ2) is 12.2. The van der Waals surface area contributed by atoms with E-state index in [1.54, 1.807) is 25.1 Å². The topological polar surface area (TPSA) is 194 Å². The molecule has 2 amide bonds. The lowest BCUT2D eigenvalue weighted by molar-refractivity contribution is -0.146. The van der Waals surface area contributed by atoms with Gasteiger partial charge in [-0.2, -0.15) is 0 Å². The van der Waals surface area contributed by atoms with Crippen LogP contribution in [0.3, 0.4) is 0 Å². The summed E-state index contributed by atoms with van der Waals surface area (Å²) in [6, 6.07) is 8.70. The maximum absolute atomic E-state index is 13.9. The molecule has 0 aromatic heterocycles. The molecule has 0 unspecified atom stereocenters. The summed E-state index contributed by atoms with van der Waals surface area (Å²) >= 11 is 0. The number of amides is 2. The number of epoxide rings is 2. The van der Waals surface area contributed by atoms with E-state index in [1.807, 2.05) is 13.0 Å². The number of aryl methyl sites for hydroxylation is 1. The van der Waals surface area contributed by atoms with E-state index in [4.69, 9.17) is 23.7 Å². The number of carbonyl (C=O) groups is 5. The lowest BCUT2D eigenvalue weighted by atomic mass is 9.99. The Morgan fingerprint density at radius 3 is 2.49 bits per heavy atom. The molecule has 2 aromatic rings. The highest BCUT2D eigenvalue weighted by molar-refractivity contribution is 6.08. The maximum Gasteiger partial charge on any atom is 0.339 e. The highest BCUT2D eigenvalue weighted by Gasteiger charge is 2.55. The van der Waals surface area contributed by atoms with Gasteiger partial charge in [-0.25, -0.2) is 4.79 Å². The Labute approximate surface area is 257 Å². The third kappa shape index (κ3) is 6.47. The van der Waals surface area contributed by atoms with Crippen LogP contribution in [0.15, 0.2) is 53.7 Å². The number of benzene rings is 2. The highest BCUT2D eigenvalue weighted by atomic mass is 16.6. The van der Waals surface area contributed by atoms with Gasteiger partial charge in [-0.15, -0.1) is 0 Å². The van der Waals surface area contributed by atoms with Gasteiger partial charge in [0, 0.05) is 20.4 Å². The van der Waals surface area contributed by atoms with Crippen molar-refractivity contribution in [1.29, 1.82) is 0 Å². The molecule has 3 heterocycles. The van der Waals surface area contributed by atoms with Crippen molar-refractivity contribution in [3.05, 3.63) is 64.8 Å². The molecule has 3 aliphatic rings. The maximum atomic E-state index is 13.9. The highest BCUT2D eigenvalue weighted by Crippen LogP contribution is 2.37. The van der Waals surface area contributed by atoms with Crippen LogP contribution in [-0.4, -0.2) is 84.9 Å². The van der Waals surface area contributed by atoms with Crippen LogP contribution in [0.1, 0.15) is 36.7 Å². The summed E-state index contributed by atoms with van der Waals surface area (Å²) in [5.74, 6) is -3.76. The molecule has 5 rings (SSSR count). The van der Waals surface area contributed by atoms with Crippen molar-refractivity contribution in [3.8, 4) is 5.75 Å². The van der Waals surface area contributed by atoms with E-state index in [1.165, 1.54) is 20.1 Å². The number of aliphatic hydroxyl groups excluding tert-OH is 1. The van der Waals surface area contributed by atoms with Crippen molar-refractivity contribution in [2.45, 2.75) is 57.7 Å². The Morgan fingerprint density at radius 2 is 1.87 bits per heavy atom. The van der Waals surface area contributed by atoms with E-state index in [0.29, 0.717) is 17.4 Å². The second-order valence-electron chi connectivity index (χ2n) is 11.1. The van der Waals surface area contributed by atoms with E-state index in [0.717, 1.165) is 17.9 Å². The zero-order chi connectivity index (χ0) is 32.6. The fourth-order valence-corrected chi connectivity index (χ4v) is 5.12. The zero-order valence-corrected chi connectivity index (χ0v) is 25.2. The molecule has 45 heavy (non-hydrogen) atoms. The number of allylic oxidation sites excluding steroid dienone is 1. The second-order valence-corrected chi connectivity index (χ2v) is 11.1. The minimum atomic E-state index is -1.55. The normalized spacial score (nSPS) is 25.1. The number of hydrogen-bond acceptors (Lipinski definition) is 12. The molecule has 3 aliphatic heterocycles.